The normalized spacial score (nSPS) is 14.8. The predicted molar refractivity (Wildman–Crippen MR) is 141 cm³/mol. The van der Waals surface area contributed by atoms with Crippen molar-refractivity contribution in [2.45, 2.75) is 6.92 Å². The van der Waals surface area contributed by atoms with E-state index in [1.54, 1.807) is 29.2 Å². The van der Waals surface area contributed by atoms with Gasteiger partial charge in [0, 0.05) is 48.0 Å². The van der Waals surface area contributed by atoms with Gasteiger partial charge in [-0.1, -0.05) is 12.1 Å². The highest BCUT2D eigenvalue weighted by Gasteiger charge is 2.13. The quantitative estimate of drug-likeness (QED) is 0.214. The van der Waals surface area contributed by atoms with Crippen molar-refractivity contribution >= 4 is 34.1 Å². The molecule has 0 aliphatic carbocycles. The van der Waals surface area contributed by atoms with Crippen LogP contribution in [0.25, 0.3) is 11.3 Å². The van der Waals surface area contributed by atoms with Crippen molar-refractivity contribution in [1.82, 2.24) is 9.66 Å². The van der Waals surface area contributed by atoms with Crippen LogP contribution < -0.4 is 9.70 Å². The van der Waals surface area contributed by atoms with E-state index in [1.165, 1.54) is 23.5 Å². The fourth-order valence-electron chi connectivity index (χ4n) is 3.90. The van der Waals surface area contributed by atoms with Gasteiger partial charge in [0.05, 0.1) is 41.4 Å². The summed E-state index contributed by atoms with van der Waals surface area (Å²) in [6.07, 6.45) is 3.39. The minimum atomic E-state index is -0.405. The van der Waals surface area contributed by atoms with Crippen LogP contribution in [0.4, 0.5) is 17.1 Å². The highest BCUT2D eigenvalue weighted by Crippen LogP contribution is 2.24. The molecule has 4 aromatic rings. The largest absolute Gasteiger partial charge is 0.378 e. The zero-order valence-electron chi connectivity index (χ0n) is 19.7. The molecule has 0 spiro atoms. The van der Waals surface area contributed by atoms with E-state index in [9.17, 15) is 10.1 Å². The first-order valence-corrected chi connectivity index (χ1v) is 12.4. The molecule has 1 saturated heterocycles. The first-order chi connectivity index (χ1) is 17.6. The molecule has 3 heterocycles. The summed E-state index contributed by atoms with van der Waals surface area (Å²) in [7, 11) is 0. The summed E-state index contributed by atoms with van der Waals surface area (Å²) in [4.78, 5) is 22.6. The van der Waals surface area contributed by atoms with Crippen LogP contribution in [0, 0.1) is 10.1 Å². The van der Waals surface area contributed by atoms with E-state index in [0.717, 1.165) is 54.5 Å². The maximum Gasteiger partial charge on any atom is 0.269 e. The summed E-state index contributed by atoms with van der Waals surface area (Å²) in [6, 6.07) is 18.5. The maximum atomic E-state index is 11.1. The molecule has 1 fully saturated rings. The smallest absolute Gasteiger partial charge is 0.269 e. The van der Waals surface area contributed by atoms with Crippen molar-refractivity contribution in [3.8, 4) is 11.3 Å². The van der Waals surface area contributed by atoms with Gasteiger partial charge < -0.3 is 9.64 Å². The number of anilines is 1. The molecule has 1 aliphatic rings. The maximum absolute atomic E-state index is 11.1. The number of benzene rings is 2. The van der Waals surface area contributed by atoms with Crippen molar-refractivity contribution in [2.75, 3.05) is 31.2 Å². The molecule has 182 valence electrons. The molecule has 0 bridgehead atoms. The van der Waals surface area contributed by atoms with Crippen molar-refractivity contribution in [2.24, 2.45) is 10.1 Å². The number of nitro benzene ring substituents is 1. The lowest BCUT2D eigenvalue weighted by Crippen LogP contribution is -2.36. The Morgan fingerprint density at radius 1 is 1.08 bits per heavy atom. The number of hydrogen-bond acceptors (Lipinski definition) is 8. The molecule has 0 radical (unpaired) electrons. The molecule has 0 saturated carbocycles. The third kappa shape index (κ3) is 5.24. The van der Waals surface area contributed by atoms with Crippen LogP contribution >= 0.6 is 11.3 Å². The van der Waals surface area contributed by atoms with Gasteiger partial charge in [-0.2, -0.15) is 5.10 Å². The first kappa shape index (κ1) is 23.6. The topological polar surface area (TPSA) is 98.1 Å². The van der Waals surface area contributed by atoms with E-state index < -0.39 is 4.92 Å². The molecule has 0 N–H and O–H groups in total. The number of morpholine rings is 1. The Morgan fingerprint density at radius 2 is 1.83 bits per heavy atom. The summed E-state index contributed by atoms with van der Waals surface area (Å²) in [5, 5.41) is 18.0. The zero-order valence-corrected chi connectivity index (χ0v) is 20.5. The van der Waals surface area contributed by atoms with Gasteiger partial charge in [0.1, 0.15) is 0 Å². The number of non-ortho nitro benzene ring substituents is 1. The Kier molecular flexibility index (Phi) is 6.96. The van der Waals surface area contributed by atoms with Crippen LogP contribution in [0.15, 0.2) is 88.5 Å². The molecule has 0 amide bonds. The van der Waals surface area contributed by atoms with E-state index in [-0.39, 0.29) is 5.69 Å². The summed E-state index contributed by atoms with van der Waals surface area (Å²) >= 11 is 1.44. The average molecular weight is 501 g/mol. The van der Waals surface area contributed by atoms with E-state index in [2.05, 4.69) is 34.1 Å². The number of hydrogen-bond donors (Lipinski definition) is 0. The van der Waals surface area contributed by atoms with Crippen LogP contribution in [0.2, 0.25) is 0 Å². The predicted octanol–water partition coefficient (Wildman–Crippen LogP) is 4.86. The fourth-order valence-corrected chi connectivity index (χ4v) is 4.75. The number of rotatable bonds is 6. The molecule has 5 rings (SSSR count). The van der Waals surface area contributed by atoms with Gasteiger partial charge in [0.15, 0.2) is 0 Å². The Bertz CT molecular complexity index is 1440. The SMILES string of the molecule is CC(=Nn1c(-c2ccc([N+](=O)[O-])cc2)csc1=Nc1cccnc1)c1ccc(N2CCOCC2)cc1. The van der Waals surface area contributed by atoms with E-state index >= 15 is 0 Å². The summed E-state index contributed by atoms with van der Waals surface area (Å²) < 4.78 is 7.23. The van der Waals surface area contributed by atoms with Crippen molar-refractivity contribution in [3.05, 3.63) is 98.9 Å². The van der Waals surface area contributed by atoms with Crippen LogP contribution in [-0.4, -0.2) is 46.6 Å². The van der Waals surface area contributed by atoms with Crippen LogP contribution in [-0.2, 0) is 4.74 Å². The van der Waals surface area contributed by atoms with E-state index in [1.807, 2.05) is 24.4 Å². The molecule has 2 aromatic carbocycles. The number of pyridine rings is 1. The van der Waals surface area contributed by atoms with Gasteiger partial charge in [-0.15, -0.1) is 11.3 Å². The van der Waals surface area contributed by atoms with Crippen molar-refractivity contribution in [3.63, 3.8) is 0 Å². The van der Waals surface area contributed by atoms with E-state index in [0.29, 0.717) is 10.5 Å². The highest BCUT2D eigenvalue weighted by atomic mass is 32.1. The van der Waals surface area contributed by atoms with Crippen LogP contribution in [0.3, 0.4) is 0 Å². The Labute approximate surface area is 211 Å². The van der Waals surface area contributed by atoms with Gasteiger partial charge in [-0.05, 0) is 48.9 Å². The number of aromatic nitrogens is 2. The standard InChI is InChI=1S/C26H24N6O3S/c1-19(20-4-8-23(9-5-20)30-13-15-35-16-14-30)29-31-25(21-6-10-24(11-7-21)32(33)34)18-36-26(31)28-22-3-2-12-27-17-22/h2-12,17-18H,13-16H2,1H3. The molecule has 0 unspecified atom stereocenters. The minimum absolute atomic E-state index is 0.0424. The van der Waals surface area contributed by atoms with E-state index in [4.69, 9.17) is 14.8 Å². The van der Waals surface area contributed by atoms with Gasteiger partial charge in [0.25, 0.3) is 5.69 Å². The zero-order chi connectivity index (χ0) is 24.9. The molecule has 0 atom stereocenters. The van der Waals surface area contributed by atoms with Crippen molar-refractivity contribution in [1.29, 1.82) is 0 Å². The third-order valence-corrected chi connectivity index (χ3v) is 6.66. The van der Waals surface area contributed by atoms with Gasteiger partial charge in [-0.25, -0.2) is 9.67 Å². The van der Waals surface area contributed by atoms with Gasteiger partial charge >= 0.3 is 0 Å². The third-order valence-electron chi connectivity index (χ3n) is 5.84. The van der Waals surface area contributed by atoms with Crippen molar-refractivity contribution < 1.29 is 9.66 Å². The lowest BCUT2D eigenvalue weighted by Gasteiger charge is -2.28. The molecule has 2 aromatic heterocycles. The molecule has 36 heavy (non-hydrogen) atoms. The number of nitrogens with zero attached hydrogens (tertiary/aromatic N) is 6. The number of nitro groups is 1. The first-order valence-electron chi connectivity index (χ1n) is 11.5. The lowest BCUT2D eigenvalue weighted by atomic mass is 10.1. The second-order valence-electron chi connectivity index (χ2n) is 8.17. The second kappa shape index (κ2) is 10.6. The Morgan fingerprint density at radius 3 is 2.50 bits per heavy atom. The Balaban J connectivity index is 1.54. The van der Waals surface area contributed by atoms with Crippen LogP contribution in [0.1, 0.15) is 12.5 Å². The lowest BCUT2D eigenvalue weighted by molar-refractivity contribution is -0.384. The minimum Gasteiger partial charge on any atom is -0.378 e. The molecule has 1 aliphatic heterocycles. The fraction of sp³-hybridized carbons (Fsp3) is 0.192. The summed E-state index contributed by atoms with van der Waals surface area (Å²) in [5.41, 5.74) is 5.33. The summed E-state index contributed by atoms with van der Waals surface area (Å²) in [5.74, 6) is 0. The summed E-state index contributed by atoms with van der Waals surface area (Å²) in [6.45, 7) is 5.21. The van der Waals surface area contributed by atoms with Gasteiger partial charge in [0.2, 0.25) is 4.80 Å². The highest BCUT2D eigenvalue weighted by molar-refractivity contribution is 7.07. The van der Waals surface area contributed by atoms with Gasteiger partial charge in [-0.3, -0.25) is 15.1 Å². The molecular formula is C26H24N6O3S. The monoisotopic (exact) mass is 500 g/mol. The molecular weight excluding hydrogens is 476 g/mol. The average Bonchev–Trinajstić information content (AvgIpc) is 3.31. The molecule has 9 nitrogen and oxygen atoms in total. The molecule has 10 heteroatoms. The number of thiazole rings is 1. The number of ether oxygens (including phenoxy) is 1. The second-order valence-corrected chi connectivity index (χ2v) is 9.01. The van der Waals surface area contributed by atoms with Crippen LogP contribution in [0.5, 0.6) is 0 Å². The Hall–Kier alpha value is -4.15.